The molecule has 1 amide bonds. The van der Waals surface area contributed by atoms with Gasteiger partial charge in [0, 0.05) is 31.1 Å². The van der Waals surface area contributed by atoms with Crippen LogP contribution in [0.3, 0.4) is 0 Å². The Balaban J connectivity index is 1.62. The smallest absolute Gasteiger partial charge is 0.355 e. The maximum atomic E-state index is 15.0. The lowest BCUT2D eigenvalue weighted by atomic mass is 10.0. The van der Waals surface area contributed by atoms with E-state index in [0.29, 0.717) is 42.2 Å². The van der Waals surface area contributed by atoms with Crippen LogP contribution in [0.15, 0.2) is 54.2 Å². The number of amides is 1. The number of halogens is 2. The fourth-order valence-corrected chi connectivity index (χ4v) is 5.69. The van der Waals surface area contributed by atoms with Gasteiger partial charge in [-0.15, -0.1) is 0 Å². The van der Waals surface area contributed by atoms with Gasteiger partial charge in [0.25, 0.3) is 0 Å². The van der Waals surface area contributed by atoms with Crippen LogP contribution in [0.25, 0.3) is 28.0 Å². The second kappa shape index (κ2) is 9.91. The maximum Gasteiger partial charge on any atom is 0.355 e. The van der Waals surface area contributed by atoms with Crippen molar-refractivity contribution in [2.75, 3.05) is 24.5 Å². The molecule has 6 rings (SSSR count). The molecule has 4 aromatic rings. The quantitative estimate of drug-likeness (QED) is 0.355. The van der Waals surface area contributed by atoms with Gasteiger partial charge in [-0.2, -0.15) is 4.98 Å². The van der Waals surface area contributed by atoms with E-state index in [1.807, 2.05) is 11.8 Å². The molecule has 2 aliphatic rings. The molecule has 2 fully saturated rings. The first-order chi connectivity index (χ1) is 19.6. The first-order valence-electron chi connectivity index (χ1n) is 13.2. The predicted molar refractivity (Wildman–Crippen MR) is 153 cm³/mol. The van der Waals surface area contributed by atoms with Crippen molar-refractivity contribution in [2.24, 2.45) is 0 Å². The zero-order chi connectivity index (χ0) is 29.1. The van der Waals surface area contributed by atoms with E-state index in [1.54, 1.807) is 17.2 Å². The van der Waals surface area contributed by atoms with Crippen molar-refractivity contribution >= 4 is 34.4 Å². The van der Waals surface area contributed by atoms with Gasteiger partial charge in [-0.05, 0) is 44.0 Å². The van der Waals surface area contributed by atoms with E-state index in [9.17, 15) is 19.1 Å². The lowest BCUT2D eigenvalue weighted by molar-refractivity contribution is -0.126. The van der Waals surface area contributed by atoms with Crippen molar-refractivity contribution in [2.45, 2.75) is 38.1 Å². The summed E-state index contributed by atoms with van der Waals surface area (Å²) in [6.07, 6.45) is 6.06. The molecule has 12 heteroatoms. The summed E-state index contributed by atoms with van der Waals surface area (Å²) < 4.78 is 16.3. The molecule has 1 N–H and O–H groups in total. The third-order valence-electron chi connectivity index (χ3n) is 7.92. The summed E-state index contributed by atoms with van der Waals surface area (Å²) in [5.74, 6) is -0.885. The molecule has 210 valence electrons. The molecule has 0 spiro atoms. The fraction of sp³-hybridized carbons (Fsp3) is 0.310. The molecular weight excluding hydrogens is 549 g/mol. The first-order valence-corrected chi connectivity index (χ1v) is 13.6. The van der Waals surface area contributed by atoms with Crippen LogP contribution < -0.4 is 10.6 Å². The molecule has 0 bridgehead atoms. The molecule has 10 nitrogen and oxygen atoms in total. The zero-order valence-electron chi connectivity index (χ0n) is 22.5. The maximum absolute atomic E-state index is 15.0. The Hall–Kier alpha value is -4.38. The van der Waals surface area contributed by atoms with E-state index < -0.39 is 11.5 Å². The van der Waals surface area contributed by atoms with Crippen molar-refractivity contribution in [3.05, 3.63) is 76.5 Å². The SMILES string of the molecule is C=CC(=O)N1CCN(c2nc(=O)n(-c3cncnc3C3(C)CC3)c3nc(-c4c(O)cccc4F)c(Cl)cc23)[C@@H](C)C1. The standard InChI is InChI=1S/C29H27ClFN7O3/c1-4-22(40)36-10-11-37(16(2)14-36)26-17-12-18(30)24(23-19(31)6-5-7-21(23)39)34-27(17)38(28(41)35-26)20-13-32-15-33-25(20)29(3)8-9-29/h4-7,12-13,15-16,39H,1,8-11,14H2,2-3H3/t16-/m0/s1. The number of phenolic OH excluding ortho intramolecular Hbond substituents is 1. The van der Waals surface area contributed by atoms with Gasteiger partial charge in [-0.1, -0.05) is 31.2 Å². The average Bonchev–Trinajstić information content (AvgIpc) is 3.71. The second-order valence-electron chi connectivity index (χ2n) is 10.7. The van der Waals surface area contributed by atoms with E-state index in [0.717, 1.165) is 12.8 Å². The molecule has 1 aliphatic heterocycles. The summed E-state index contributed by atoms with van der Waals surface area (Å²) in [6, 6.07) is 5.30. The largest absolute Gasteiger partial charge is 0.507 e. The van der Waals surface area contributed by atoms with Crippen molar-refractivity contribution in [3.8, 4) is 22.7 Å². The van der Waals surface area contributed by atoms with Crippen LogP contribution >= 0.6 is 11.6 Å². The molecule has 4 heterocycles. The summed E-state index contributed by atoms with van der Waals surface area (Å²) in [4.78, 5) is 47.7. The number of aromatic hydroxyl groups is 1. The summed E-state index contributed by atoms with van der Waals surface area (Å²) in [6.45, 7) is 8.77. The number of carbonyl (C=O) groups is 1. The van der Waals surface area contributed by atoms with Crippen LogP contribution in [-0.4, -0.2) is 66.1 Å². The highest BCUT2D eigenvalue weighted by Gasteiger charge is 2.43. The lowest BCUT2D eigenvalue weighted by Gasteiger charge is -2.40. The molecule has 3 aromatic heterocycles. The summed E-state index contributed by atoms with van der Waals surface area (Å²) >= 11 is 6.70. The van der Waals surface area contributed by atoms with Gasteiger partial charge in [0.05, 0.1) is 39.2 Å². The molecule has 0 radical (unpaired) electrons. The number of fused-ring (bicyclic) bond motifs is 1. The van der Waals surface area contributed by atoms with Crippen LogP contribution in [0.5, 0.6) is 5.75 Å². The Bertz CT molecular complexity index is 1770. The van der Waals surface area contributed by atoms with Crippen LogP contribution in [0, 0.1) is 5.82 Å². The lowest BCUT2D eigenvalue weighted by Crippen LogP contribution is -2.54. The Kier molecular flexibility index (Phi) is 6.49. The molecule has 1 atom stereocenters. The van der Waals surface area contributed by atoms with Gasteiger partial charge >= 0.3 is 5.69 Å². The Morgan fingerprint density at radius 1 is 1.27 bits per heavy atom. The third-order valence-corrected chi connectivity index (χ3v) is 8.21. The number of aromatic nitrogens is 5. The average molecular weight is 576 g/mol. The van der Waals surface area contributed by atoms with Crippen molar-refractivity contribution in [1.82, 2.24) is 29.4 Å². The van der Waals surface area contributed by atoms with E-state index in [-0.39, 0.29) is 45.0 Å². The number of pyridine rings is 1. The van der Waals surface area contributed by atoms with E-state index in [4.69, 9.17) is 16.6 Å². The van der Waals surface area contributed by atoms with Gasteiger partial charge in [-0.25, -0.2) is 28.7 Å². The van der Waals surface area contributed by atoms with Gasteiger partial charge in [0.1, 0.15) is 23.7 Å². The Labute approximate surface area is 239 Å². The summed E-state index contributed by atoms with van der Waals surface area (Å²) in [5, 5.41) is 11.0. The number of benzene rings is 1. The Morgan fingerprint density at radius 3 is 2.73 bits per heavy atom. The number of phenols is 1. The molecule has 1 saturated heterocycles. The number of hydrogen-bond donors (Lipinski definition) is 1. The third kappa shape index (κ3) is 4.50. The van der Waals surface area contributed by atoms with Gasteiger partial charge in [-0.3, -0.25) is 4.79 Å². The highest BCUT2D eigenvalue weighted by atomic mass is 35.5. The molecule has 41 heavy (non-hydrogen) atoms. The fourth-order valence-electron chi connectivity index (χ4n) is 5.44. The van der Waals surface area contributed by atoms with E-state index in [1.165, 1.54) is 35.2 Å². The number of piperazine rings is 1. The number of rotatable bonds is 5. The molecular formula is C29H27ClFN7O3. The minimum atomic E-state index is -0.715. The van der Waals surface area contributed by atoms with Crippen LogP contribution in [-0.2, 0) is 10.2 Å². The molecule has 1 saturated carbocycles. The minimum absolute atomic E-state index is 0.0226. The molecule has 1 aliphatic carbocycles. The Morgan fingerprint density at radius 2 is 2.05 bits per heavy atom. The number of anilines is 1. The molecule has 0 unspecified atom stereocenters. The molecule has 1 aromatic carbocycles. The number of nitrogens with zero attached hydrogens (tertiary/aromatic N) is 7. The number of carbonyl (C=O) groups excluding carboxylic acids is 1. The van der Waals surface area contributed by atoms with Gasteiger partial charge in [0.2, 0.25) is 5.91 Å². The van der Waals surface area contributed by atoms with E-state index in [2.05, 4.69) is 28.5 Å². The van der Waals surface area contributed by atoms with E-state index >= 15 is 0 Å². The highest BCUT2D eigenvalue weighted by Crippen LogP contribution is 2.48. The first kappa shape index (κ1) is 26.8. The van der Waals surface area contributed by atoms with Crippen LogP contribution in [0.1, 0.15) is 32.4 Å². The van der Waals surface area contributed by atoms with Gasteiger partial charge < -0.3 is 14.9 Å². The van der Waals surface area contributed by atoms with Crippen LogP contribution in [0.2, 0.25) is 5.02 Å². The minimum Gasteiger partial charge on any atom is -0.507 e. The monoisotopic (exact) mass is 575 g/mol. The summed E-state index contributed by atoms with van der Waals surface area (Å²) in [7, 11) is 0. The number of hydrogen-bond acceptors (Lipinski definition) is 8. The zero-order valence-corrected chi connectivity index (χ0v) is 23.3. The van der Waals surface area contributed by atoms with Crippen molar-refractivity contribution < 1.29 is 14.3 Å². The summed E-state index contributed by atoms with van der Waals surface area (Å²) in [5.41, 5.74) is 0.217. The van der Waals surface area contributed by atoms with Crippen molar-refractivity contribution in [1.29, 1.82) is 0 Å². The predicted octanol–water partition coefficient (Wildman–Crippen LogP) is 4.01. The second-order valence-corrected chi connectivity index (χ2v) is 11.1. The van der Waals surface area contributed by atoms with Crippen molar-refractivity contribution in [3.63, 3.8) is 0 Å². The topological polar surface area (TPSA) is 117 Å². The van der Waals surface area contributed by atoms with Crippen LogP contribution in [0.4, 0.5) is 10.2 Å². The normalized spacial score (nSPS) is 18.0. The highest BCUT2D eigenvalue weighted by molar-refractivity contribution is 6.34. The van der Waals surface area contributed by atoms with Gasteiger partial charge in [0.15, 0.2) is 5.65 Å².